The Hall–Kier alpha value is -3.63. The highest BCUT2D eigenvalue weighted by molar-refractivity contribution is 5.74. The van der Waals surface area contributed by atoms with Crippen molar-refractivity contribution in [2.75, 3.05) is 21.3 Å². The maximum atomic E-state index is 7.00. The molecule has 0 saturated heterocycles. The summed E-state index contributed by atoms with van der Waals surface area (Å²) in [7, 11) is 4.33. The lowest BCUT2D eigenvalue weighted by Crippen LogP contribution is -1.87. The van der Waals surface area contributed by atoms with Crippen LogP contribution in [0.4, 0.5) is 0 Å². The number of aliphatic hydroxyl groups is 1. The smallest absolute Gasteiger partial charge is 0.361 e. The lowest BCUT2D eigenvalue weighted by Gasteiger charge is -2.03. The SMILES string of the molecule is CO.COc1ccc(-c2cc(-c3ccccc3)cc(-c3ccc(OC)cc3)[o+]2)cc1. The molecule has 0 aliphatic heterocycles. The first kappa shape index (κ1) is 21.1. The quantitative estimate of drug-likeness (QED) is 0.405. The summed E-state index contributed by atoms with van der Waals surface area (Å²) < 4.78 is 16.8. The van der Waals surface area contributed by atoms with Gasteiger partial charge in [-0.3, -0.25) is 0 Å². The maximum absolute atomic E-state index is 7.00. The predicted octanol–water partition coefficient (Wildman–Crippen LogP) is 6.19. The van der Waals surface area contributed by atoms with E-state index < -0.39 is 0 Å². The van der Waals surface area contributed by atoms with Crippen molar-refractivity contribution in [3.05, 3.63) is 91.0 Å². The third-order valence-corrected chi connectivity index (χ3v) is 4.65. The van der Waals surface area contributed by atoms with Crippen LogP contribution in [-0.2, 0) is 0 Å². The molecule has 1 N–H and O–H groups in total. The molecule has 30 heavy (non-hydrogen) atoms. The Kier molecular flexibility index (Phi) is 7.19. The Morgan fingerprint density at radius 2 is 0.967 bits per heavy atom. The fourth-order valence-electron chi connectivity index (χ4n) is 3.09. The molecule has 0 radical (unpaired) electrons. The van der Waals surface area contributed by atoms with Gasteiger partial charge in [-0.2, -0.15) is 0 Å². The Morgan fingerprint density at radius 3 is 1.37 bits per heavy atom. The number of benzene rings is 3. The van der Waals surface area contributed by atoms with Crippen LogP contribution < -0.4 is 9.47 Å². The molecule has 0 spiro atoms. The standard InChI is InChI=1S/C25H21O3.CH4O/c1-26-22-12-8-19(9-13-22)24-16-21(18-6-4-3-5-7-18)17-25(28-24)20-10-14-23(27-2)15-11-20;1-2/h3-17H,1-2H3;2H,1H3/q+1;. The molecule has 1 aromatic heterocycles. The van der Waals surface area contributed by atoms with Gasteiger partial charge < -0.3 is 14.6 Å². The lowest BCUT2D eigenvalue weighted by molar-refractivity contribution is 0.399. The van der Waals surface area contributed by atoms with Crippen LogP contribution in [0.15, 0.2) is 95.4 Å². The number of rotatable bonds is 5. The van der Waals surface area contributed by atoms with Crippen LogP contribution >= 0.6 is 0 Å². The Bertz CT molecular complexity index is 991. The van der Waals surface area contributed by atoms with Crippen molar-refractivity contribution in [1.82, 2.24) is 0 Å². The van der Waals surface area contributed by atoms with E-state index in [2.05, 4.69) is 24.3 Å². The van der Waals surface area contributed by atoms with Gasteiger partial charge in [0.1, 0.15) is 11.5 Å². The van der Waals surface area contributed by atoms with Gasteiger partial charge in [0.15, 0.2) is 0 Å². The van der Waals surface area contributed by atoms with Gasteiger partial charge in [0, 0.05) is 12.7 Å². The minimum Gasteiger partial charge on any atom is -0.497 e. The van der Waals surface area contributed by atoms with E-state index >= 15 is 0 Å². The molecular weight excluding hydrogens is 376 g/mol. The number of aliphatic hydroxyl groups excluding tert-OH is 1. The molecule has 152 valence electrons. The van der Waals surface area contributed by atoms with E-state index in [0.29, 0.717) is 0 Å². The molecule has 4 nitrogen and oxygen atoms in total. The van der Waals surface area contributed by atoms with Crippen molar-refractivity contribution in [3.63, 3.8) is 0 Å². The van der Waals surface area contributed by atoms with Crippen LogP contribution in [0.2, 0.25) is 0 Å². The average Bonchev–Trinajstić information content (AvgIpc) is 2.85. The van der Waals surface area contributed by atoms with Gasteiger partial charge in [0.2, 0.25) is 0 Å². The Balaban J connectivity index is 0.00000124. The summed E-state index contributed by atoms with van der Waals surface area (Å²) in [6.45, 7) is 0. The molecule has 0 atom stereocenters. The number of hydrogen-bond donors (Lipinski definition) is 1. The van der Waals surface area contributed by atoms with E-state index in [0.717, 1.165) is 52.4 Å². The zero-order valence-corrected chi connectivity index (χ0v) is 17.3. The second kappa shape index (κ2) is 10.2. The van der Waals surface area contributed by atoms with Crippen LogP contribution in [0.1, 0.15) is 0 Å². The van der Waals surface area contributed by atoms with Gasteiger partial charge in [-0.05, 0) is 54.1 Å². The van der Waals surface area contributed by atoms with Crippen LogP contribution in [0.25, 0.3) is 33.8 Å². The van der Waals surface area contributed by atoms with Gasteiger partial charge in [0.25, 0.3) is 0 Å². The van der Waals surface area contributed by atoms with E-state index in [-0.39, 0.29) is 0 Å². The zero-order chi connectivity index (χ0) is 21.3. The van der Waals surface area contributed by atoms with E-state index in [4.69, 9.17) is 19.0 Å². The third kappa shape index (κ3) is 4.85. The van der Waals surface area contributed by atoms with E-state index in [1.165, 1.54) is 0 Å². The zero-order valence-electron chi connectivity index (χ0n) is 17.3. The first-order valence-corrected chi connectivity index (χ1v) is 9.54. The van der Waals surface area contributed by atoms with Gasteiger partial charge >= 0.3 is 11.5 Å². The van der Waals surface area contributed by atoms with Crippen molar-refractivity contribution in [2.24, 2.45) is 0 Å². The second-order valence-electron chi connectivity index (χ2n) is 6.40. The van der Waals surface area contributed by atoms with Crippen molar-refractivity contribution < 1.29 is 19.0 Å². The summed E-state index contributed by atoms with van der Waals surface area (Å²) in [5.41, 5.74) is 4.23. The Morgan fingerprint density at radius 1 is 0.533 bits per heavy atom. The average molecular weight is 401 g/mol. The fraction of sp³-hybridized carbons (Fsp3) is 0.115. The van der Waals surface area contributed by atoms with E-state index in [1.54, 1.807) is 14.2 Å². The van der Waals surface area contributed by atoms with Crippen molar-refractivity contribution in [1.29, 1.82) is 0 Å². The summed E-state index contributed by atoms with van der Waals surface area (Å²) in [6.07, 6.45) is 0. The van der Waals surface area contributed by atoms with E-state index in [1.807, 2.05) is 66.7 Å². The van der Waals surface area contributed by atoms with Crippen LogP contribution in [0, 0.1) is 0 Å². The van der Waals surface area contributed by atoms with Crippen LogP contribution in [0.3, 0.4) is 0 Å². The molecule has 0 fully saturated rings. The lowest BCUT2D eigenvalue weighted by atomic mass is 10.0. The van der Waals surface area contributed by atoms with Crippen molar-refractivity contribution in [3.8, 4) is 45.3 Å². The summed E-state index contributed by atoms with van der Waals surface area (Å²) in [5.74, 6) is 3.24. The number of ether oxygens (including phenoxy) is 2. The third-order valence-electron chi connectivity index (χ3n) is 4.65. The van der Waals surface area contributed by atoms with Crippen molar-refractivity contribution >= 4 is 0 Å². The summed E-state index contributed by atoms with van der Waals surface area (Å²) >= 11 is 0. The summed E-state index contributed by atoms with van der Waals surface area (Å²) in [4.78, 5) is 0. The molecule has 1 heterocycles. The molecule has 4 heteroatoms. The topological polar surface area (TPSA) is 50.0 Å². The predicted molar refractivity (Wildman–Crippen MR) is 121 cm³/mol. The molecule has 4 aromatic rings. The first-order chi connectivity index (χ1) is 14.8. The monoisotopic (exact) mass is 401 g/mol. The second-order valence-corrected chi connectivity index (χ2v) is 6.40. The van der Waals surface area contributed by atoms with Gasteiger partial charge in [0.05, 0.1) is 37.5 Å². The van der Waals surface area contributed by atoms with Crippen LogP contribution in [0.5, 0.6) is 11.5 Å². The molecule has 3 aromatic carbocycles. The molecule has 0 aliphatic carbocycles. The molecule has 0 aliphatic rings. The normalized spacial score (nSPS) is 10.0. The van der Waals surface area contributed by atoms with Crippen LogP contribution in [-0.4, -0.2) is 26.4 Å². The minimum atomic E-state index is 0.801. The first-order valence-electron chi connectivity index (χ1n) is 9.54. The summed E-state index contributed by atoms with van der Waals surface area (Å²) in [6, 6.07) is 30.2. The largest absolute Gasteiger partial charge is 0.497 e. The number of hydrogen-bond acceptors (Lipinski definition) is 3. The summed E-state index contributed by atoms with van der Waals surface area (Å²) in [5, 5.41) is 7.00. The molecule has 0 unspecified atom stereocenters. The molecule has 0 amide bonds. The molecular formula is C26H25O4+. The van der Waals surface area contributed by atoms with Gasteiger partial charge in [-0.15, -0.1) is 0 Å². The van der Waals surface area contributed by atoms with Crippen molar-refractivity contribution in [2.45, 2.75) is 0 Å². The highest BCUT2D eigenvalue weighted by Gasteiger charge is 2.20. The molecule has 4 rings (SSSR count). The van der Waals surface area contributed by atoms with Gasteiger partial charge in [-0.1, -0.05) is 30.3 Å². The highest BCUT2D eigenvalue weighted by Crippen LogP contribution is 2.34. The maximum Gasteiger partial charge on any atom is 0.361 e. The van der Waals surface area contributed by atoms with E-state index in [9.17, 15) is 0 Å². The molecule has 0 saturated carbocycles. The Labute approximate surface area is 177 Å². The molecule has 0 bridgehead atoms. The minimum absolute atomic E-state index is 0.801. The fourth-order valence-corrected chi connectivity index (χ4v) is 3.09. The highest BCUT2D eigenvalue weighted by atomic mass is 16.5. The number of methoxy groups -OCH3 is 2. The van der Waals surface area contributed by atoms with Gasteiger partial charge in [-0.25, -0.2) is 4.42 Å².